The largest absolute Gasteiger partial charge is 0.492 e. The lowest BCUT2D eigenvalue weighted by Crippen LogP contribution is -2.77. The van der Waals surface area contributed by atoms with Crippen LogP contribution in [0.1, 0.15) is 6.42 Å². The number of anilines is 1. The minimum absolute atomic E-state index is 0.350. The standard InChI is InChI=1S/C13H12F3IN2O2/c14-13(15,16)11(20)21-19-6-5-12(19)7-18(8-12)10-3-1-9(17)2-4-10/h1-4H,5-8H2. The van der Waals surface area contributed by atoms with Gasteiger partial charge in [0.1, 0.15) is 0 Å². The Kier molecular flexibility index (Phi) is 3.55. The Labute approximate surface area is 132 Å². The summed E-state index contributed by atoms with van der Waals surface area (Å²) in [6.45, 7) is 1.49. The maximum atomic E-state index is 12.2. The van der Waals surface area contributed by atoms with Crippen molar-refractivity contribution in [2.24, 2.45) is 0 Å². The van der Waals surface area contributed by atoms with Crippen molar-refractivity contribution in [1.29, 1.82) is 0 Å². The van der Waals surface area contributed by atoms with E-state index in [4.69, 9.17) is 0 Å². The van der Waals surface area contributed by atoms with E-state index in [1.807, 2.05) is 24.3 Å². The summed E-state index contributed by atoms with van der Waals surface area (Å²) >= 11 is 2.21. The molecule has 0 unspecified atom stereocenters. The first-order chi connectivity index (χ1) is 9.80. The minimum Gasteiger partial charge on any atom is -0.367 e. The predicted octanol–water partition coefficient (Wildman–Crippen LogP) is 2.58. The second-order valence-electron chi connectivity index (χ2n) is 5.29. The minimum atomic E-state index is -4.95. The molecule has 0 N–H and O–H groups in total. The molecule has 1 aromatic rings. The number of rotatable bonds is 2. The molecular formula is C13H12F3IN2O2. The van der Waals surface area contributed by atoms with Gasteiger partial charge in [0, 0.05) is 28.9 Å². The Bertz CT molecular complexity index is 556. The lowest BCUT2D eigenvalue weighted by molar-refractivity contribution is -0.291. The number of nitrogens with zero attached hydrogens (tertiary/aromatic N) is 2. The third-order valence-electron chi connectivity index (χ3n) is 3.90. The molecule has 0 aliphatic carbocycles. The van der Waals surface area contributed by atoms with Gasteiger partial charge in [-0.2, -0.15) is 13.2 Å². The second kappa shape index (κ2) is 5.01. The van der Waals surface area contributed by atoms with E-state index < -0.39 is 17.7 Å². The molecule has 21 heavy (non-hydrogen) atoms. The van der Waals surface area contributed by atoms with Gasteiger partial charge in [0.05, 0.1) is 5.54 Å². The van der Waals surface area contributed by atoms with Crippen LogP contribution < -0.4 is 4.90 Å². The average molecular weight is 412 g/mol. The number of hydrogen-bond donors (Lipinski definition) is 0. The number of hydroxylamine groups is 2. The molecule has 0 atom stereocenters. The van der Waals surface area contributed by atoms with Gasteiger partial charge in [0.2, 0.25) is 0 Å². The van der Waals surface area contributed by atoms with Crippen molar-refractivity contribution < 1.29 is 22.8 Å². The zero-order chi connectivity index (χ0) is 15.3. The first-order valence-corrected chi connectivity index (χ1v) is 7.45. The fraction of sp³-hybridized carbons (Fsp3) is 0.462. The molecule has 1 aromatic carbocycles. The maximum absolute atomic E-state index is 12.2. The molecule has 2 fully saturated rings. The van der Waals surface area contributed by atoms with Gasteiger partial charge in [-0.05, 0) is 53.3 Å². The van der Waals surface area contributed by atoms with E-state index in [1.165, 1.54) is 5.06 Å². The summed E-state index contributed by atoms with van der Waals surface area (Å²) in [6.07, 6.45) is -4.21. The zero-order valence-electron chi connectivity index (χ0n) is 10.9. The fourth-order valence-electron chi connectivity index (χ4n) is 2.63. The monoisotopic (exact) mass is 412 g/mol. The normalized spacial score (nSPS) is 20.9. The van der Waals surface area contributed by atoms with E-state index in [0.29, 0.717) is 19.6 Å². The quantitative estimate of drug-likeness (QED) is 0.700. The molecule has 0 aromatic heterocycles. The summed E-state index contributed by atoms with van der Waals surface area (Å²) < 4.78 is 37.8. The molecule has 114 valence electrons. The van der Waals surface area contributed by atoms with Gasteiger partial charge >= 0.3 is 12.1 Å². The third kappa shape index (κ3) is 2.70. The van der Waals surface area contributed by atoms with Crippen molar-refractivity contribution in [3.8, 4) is 0 Å². The highest BCUT2D eigenvalue weighted by atomic mass is 127. The number of hydrogen-bond acceptors (Lipinski definition) is 4. The summed E-state index contributed by atoms with van der Waals surface area (Å²) in [7, 11) is 0. The summed E-state index contributed by atoms with van der Waals surface area (Å²) in [5, 5.41) is 1.17. The van der Waals surface area contributed by atoms with Crippen LogP contribution in [0.15, 0.2) is 24.3 Å². The lowest BCUT2D eigenvalue weighted by Gasteiger charge is -2.61. The topological polar surface area (TPSA) is 32.8 Å². The van der Waals surface area contributed by atoms with Gasteiger partial charge in [-0.3, -0.25) is 0 Å². The van der Waals surface area contributed by atoms with Crippen molar-refractivity contribution >= 4 is 34.2 Å². The van der Waals surface area contributed by atoms with Crippen molar-refractivity contribution in [2.45, 2.75) is 18.1 Å². The van der Waals surface area contributed by atoms with Crippen LogP contribution in [-0.2, 0) is 9.63 Å². The van der Waals surface area contributed by atoms with E-state index in [1.54, 1.807) is 0 Å². The molecule has 0 bridgehead atoms. The summed E-state index contributed by atoms with van der Waals surface area (Å²) in [4.78, 5) is 17.4. The summed E-state index contributed by atoms with van der Waals surface area (Å²) in [5.74, 6) is -2.14. The van der Waals surface area contributed by atoms with Gasteiger partial charge in [-0.25, -0.2) is 4.79 Å². The molecular weight excluding hydrogens is 400 g/mol. The predicted molar refractivity (Wildman–Crippen MR) is 77.6 cm³/mol. The molecule has 0 radical (unpaired) electrons. The number of halogens is 4. The van der Waals surface area contributed by atoms with Crippen molar-refractivity contribution in [1.82, 2.24) is 5.06 Å². The fourth-order valence-corrected chi connectivity index (χ4v) is 2.99. The highest BCUT2D eigenvalue weighted by Gasteiger charge is 2.57. The van der Waals surface area contributed by atoms with E-state index in [2.05, 4.69) is 32.3 Å². The van der Waals surface area contributed by atoms with Crippen molar-refractivity contribution in [3.05, 3.63) is 27.8 Å². The van der Waals surface area contributed by atoms with Crippen molar-refractivity contribution in [3.63, 3.8) is 0 Å². The maximum Gasteiger partial charge on any atom is 0.492 e. The molecule has 1 spiro atoms. The molecule has 4 nitrogen and oxygen atoms in total. The van der Waals surface area contributed by atoms with Crippen molar-refractivity contribution in [2.75, 3.05) is 24.5 Å². The van der Waals surface area contributed by atoms with Gasteiger partial charge < -0.3 is 9.74 Å². The summed E-state index contributed by atoms with van der Waals surface area (Å²) in [5.41, 5.74) is 0.569. The number of carbonyl (C=O) groups is 1. The highest BCUT2D eigenvalue weighted by Crippen LogP contribution is 2.42. The molecule has 8 heteroatoms. The average Bonchev–Trinajstić information content (AvgIpc) is 2.34. The zero-order valence-corrected chi connectivity index (χ0v) is 13.0. The van der Waals surface area contributed by atoms with E-state index in [0.717, 1.165) is 15.7 Å². The molecule has 2 heterocycles. The van der Waals surface area contributed by atoms with Gasteiger partial charge in [0.25, 0.3) is 0 Å². The second-order valence-corrected chi connectivity index (χ2v) is 6.53. The van der Waals surface area contributed by atoms with Crippen LogP contribution in [0, 0.1) is 3.57 Å². The Hall–Kier alpha value is -1.03. The SMILES string of the molecule is O=C(ON1CCC12CN(c1ccc(I)cc1)C2)C(F)(F)F. The highest BCUT2D eigenvalue weighted by molar-refractivity contribution is 14.1. The first-order valence-electron chi connectivity index (χ1n) is 6.37. The van der Waals surface area contributed by atoms with Crippen LogP contribution in [0.2, 0.25) is 0 Å². The Morgan fingerprint density at radius 1 is 1.24 bits per heavy atom. The summed E-state index contributed by atoms with van der Waals surface area (Å²) in [6, 6.07) is 7.89. The third-order valence-corrected chi connectivity index (χ3v) is 4.62. The molecule has 2 aliphatic rings. The van der Waals surface area contributed by atoms with E-state index >= 15 is 0 Å². The van der Waals surface area contributed by atoms with Crippen LogP contribution >= 0.6 is 22.6 Å². The Morgan fingerprint density at radius 2 is 1.86 bits per heavy atom. The Balaban J connectivity index is 1.59. The first kappa shape index (κ1) is 14.9. The van der Waals surface area contributed by atoms with E-state index in [9.17, 15) is 18.0 Å². The van der Waals surface area contributed by atoms with E-state index in [-0.39, 0.29) is 0 Å². The van der Waals surface area contributed by atoms with Crippen LogP contribution in [-0.4, -0.2) is 42.4 Å². The Morgan fingerprint density at radius 3 is 2.33 bits per heavy atom. The van der Waals surface area contributed by atoms with Gasteiger partial charge in [-0.1, -0.05) is 0 Å². The number of carbonyl (C=O) groups excluding carboxylic acids is 1. The lowest BCUT2D eigenvalue weighted by atomic mass is 9.79. The van der Waals surface area contributed by atoms with Crippen LogP contribution in [0.4, 0.5) is 18.9 Å². The number of benzene rings is 1. The van der Waals surface area contributed by atoms with Crippen LogP contribution in [0.3, 0.4) is 0 Å². The van der Waals surface area contributed by atoms with Crippen LogP contribution in [0.5, 0.6) is 0 Å². The molecule has 3 rings (SSSR count). The van der Waals surface area contributed by atoms with Gasteiger partial charge in [0.15, 0.2) is 0 Å². The van der Waals surface area contributed by atoms with Crippen LogP contribution in [0.25, 0.3) is 0 Å². The number of alkyl halides is 3. The molecule has 2 aliphatic heterocycles. The van der Waals surface area contributed by atoms with Gasteiger partial charge in [-0.15, -0.1) is 5.06 Å². The molecule has 2 saturated heterocycles. The molecule has 0 amide bonds. The molecule has 0 saturated carbocycles. The smallest absolute Gasteiger partial charge is 0.367 e.